The van der Waals surface area contributed by atoms with E-state index in [-0.39, 0.29) is 18.9 Å². The van der Waals surface area contributed by atoms with Gasteiger partial charge in [-0.05, 0) is 48.4 Å². The molecule has 0 spiro atoms. The molecule has 1 atom stereocenters. The first-order chi connectivity index (χ1) is 17.7. The van der Waals surface area contributed by atoms with Crippen LogP contribution in [0.25, 0.3) is 22.2 Å². The van der Waals surface area contributed by atoms with Gasteiger partial charge in [0.1, 0.15) is 15.7 Å². The van der Waals surface area contributed by atoms with Gasteiger partial charge in [0.2, 0.25) is 0 Å². The maximum Gasteiger partial charge on any atom is 0.329 e. The van der Waals surface area contributed by atoms with Crippen molar-refractivity contribution in [2.45, 2.75) is 19.5 Å². The summed E-state index contributed by atoms with van der Waals surface area (Å²) < 4.78 is 53.4. The van der Waals surface area contributed by atoms with Crippen molar-refractivity contribution >= 4 is 20.9 Å². The molecule has 0 saturated heterocycles. The first-order valence-corrected chi connectivity index (χ1v) is 13.8. The number of hydrogen-bond donors (Lipinski definition) is 1. The highest BCUT2D eigenvalue weighted by molar-refractivity contribution is 7.90. The molecular formula is C27H29FN2O6S. The molecular weight excluding hydrogens is 499 g/mol. The molecule has 0 amide bonds. The monoisotopic (exact) mass is 528 g/mol. The van der Waals surface area contributed by atoms with Crippen LogP contribution in [0.5, 0.6) is 11.5 Å². The fourth-order valence-electron chi connectivity index (χ4n) is 4.54. The molecule has 0 unspecified atom stereocenters. The van der Waals surface area contributed by atoms with Gasteiger partial charge in [-0.3, -0.25) is 9.13 Å². The molecule has 4 aromatic rings. The third kappa shape index (κ3) is 5.40. The number of aromatic nitrogens is 2. The average molecular weight is 529 g/mol. The number of methoxy groups -OCH3 is 1. The predicted octanol–water partition coefficient (Wildman–Crippen LogP) is 3.64. The Hall–Kier alpha value is -3.63. The third-order valence-corrected chi connectivity index (χ3v) is 7.04. The van der Waals surface area contributed by atoms with Crippen molar-refractivity contribution in [2.24, 2.45) is 0 Å². The van der Waals surface area contributed by atoms with Gasteiger partial charge in [-0.1, -0.05) is 30.3 Å². The summed E-state index contributed by atoms with van der Waals surface area (Å²) in [6, 6.07) is 15.5. The zero-order chi connectivity index (χ0) is 26.7. The number of hydrogen-bond acceptors (Lipinski definition) is 6. The topological polar surface area (TPSA) is 99.8 Å². The second-order valence-electron chi connectivity index (χ2n) is 8.66. The van der Waals surface area contributed by atoms with Crippen molar-refractivity contribution in [1.29, 1.82) is 0 Å². The van der Waals surface area contributed by atoms with Crippen molar-refractivity contribution in [2.75, 3.05) is 32.3 Å². The Balaban J connectivity index is 1.98. The molecule has 0 fully saturated rings. The van der Waals surface area contributed by atoms with Gasteiger partial charge in [-0.25, -0.2) is 17.6 Å². The number of sulfone groups is 1. The SMILES string of the molecule is CCOc1cc([C@H](CS(C)(=O)=O)n2c(=O)n(CCO)c3cc(-c4ccccc4F)ccc32)ccc1OC. The largest absolute Gasteiger partial charge is 0.493 e. The van der Waals surface area contributed by atoms with Gasteiger partial charge in [-0.15, -0.1) is 0 Å². The maximum absolute atomic E-state index is 14.5. The zero-order valence-electron chi connectivity index (χ0n) is 20.8. The lowest BCUT2D eigenvalue weighted by Crippen LogP contribution is -2.32. The van der Waals surface area contributed by atoms with E-state index in [0.29, 0.717) is 45.8 Å². The molecule has 196 valence electrons. The van der Waals surface area contributed by atoms with E-state index in [1.807, 2.05) is 6.92 Å². The molecule has 4 rings (SSSR count). The van der Waals surface area contributed by atoms with Gasteiger partial charge >= 0.3 is 5.69 Å². The number of fused-ring (bicyclic) bond motifs is 1. The Labute approximate surface area is 214 Å². The lowest BCUT2D eigenvalue weighted by Gasteiger charge is -2.20. The smallest absolute Gasteiger partial charge is 0.329 e. The number of ether oxygens (including phenoxy) is 2. The number of halogens is 1. The van der Waals surface area contributed by atoms with Gasteiger partial charge in [-0.2, -0.15) is 0 Å². The summed E-state index contributed by atoms with van der Waals surface area (Å²) in [4.78, 5) is 13.7. The van der Waals surface area contributed by atoms with Crippen LogP contribution in [0.15, 0.2) is 65.5 Å². The molecule has 1 N–H and O–H groups in total. The van der Waals surface area contributed by atoms with Gasteiger partial charge < -0.3 is 14.6 Å². The summed E-state index contributed by atoms with van der Waals surface area (Å²) in [5.41, 5.74) is 1.88. The van der Waals surface area contributed by atoms with Crippen LogP contribution in [0.3, 0.4) is 0 Å². The molecule has 0 aliphatic rings. The summed E-state index contributed by atoms with van der Waals surface area (Å²) >= 11 is 0. The number of aliphatic hydroxyl groups is 1. The molecule has 0 aliphatic heterocycles. The molecule has 3 aromatic carbocycles. The van der Waals surface area contributed by atoms with Gasteiger partial charge in [0.05, 0.1) is 49.7 Å². The Morgan fingerprint density at radius 1 is 1.03 bits per heavy atom. The van der Waals surface area contributed by atoms with Gasteiger partial charge in [0.25, 0.3) is 0 Å². The first kappa shape index (κ1) is 26.4. The zero-order valence-corrected chi connectivity index (χ0v) is 21.7. The Bertz CT molecular complexity index is 1590. The van der Waals surface area contributed by atoms with Gasteiger partial charge in [0.15, 0.2) is 11.5 Å². The van der Waals surface area contributed by atoms with E-state index in [9.17, 15) is 22.7 Å². The lowest BCUT2D eigenvalue weighted by atomic mass is 10.0. The van der Waals surface area contributed by atoms with Crippen molar-refractivity contribution in [3.8, 4) is 22.6 Å². The highest BCUT2D eigenvalue weighted by Crippen LogP contribution is 2.34. The van der Waals surface area contributed by atoms with Crippen LogP contribution in [-0.2, 0) is 16.4 Å². The van der Waals surface area contributed by atoms with E-state index in [2.05, 4.69) is 0 Å². The standard InChI is InChI=1S/C27H29FN2O6S/c1-4-36-26-16-19(10-12-25(26)35-2)24(17-37(3,33)34)30-22-11-9-18(20-7-5-6-8-21(20)28)15-23(22)29(13-14-31)27(30)32/h5-12,15-16,24,31H,4,13-14,17H2,1-3H3/t24-/m0/s1. The van der Waals surface area contributed by atoms with Crippen LogP contribution >= 0.6 is 0 Å². The van der Waals surface area contributed by atoms with Gasteiger partial charge in [0, 0.05) is 11.8 Å². The van der Waals surface area contributed by atoms with Crippen LogP contribution in [0.1, 0.15) is 18.5 Å². The molecule has 10 heteroatoms. The van der Waals surface area contributed by atoms with Crippen molar-refractivity contribution < 1.29 is 27.4 Å². The molecule has 8 nitrogen and oxygen atoms in total. The number of benzene rings is 3. The lowest BCUT2D eigenvalue weighted by molar-refractivity contribution is 0.275. The molecule has 0 aliphatic carbocycles. The Morgan fingerprint density at radius 2 is 1.78 bits per heavy atom. The van der Waals surface area contributed by atoms with Crippen LogP contribution in [0.2, 0.25) is 0 Å². The normalized spacial score (nSPS) is 12.6. The third-order valence-electron chi connectivity index (χ3n) is 6.12. The molecule has 1 heterocycles. The summed E-state index contributed by atoms with van der Waals surface area (Å²) in [6.45, 7) is 1.86. The average Bonchev–Trinajstić information content (AvgIpc) is 3.13. The van der Waals surface area contributed by atoms with E-state index in [4.69, 9.17) is 9.47 Å². The minimum absolute atomic E-state index is 0.0124. The van der Waals surface area contributed by atoms with Crippen LogP contribution < -0.4 is 15.2 Å². The molecule has 0 radical (unpaired) electrons. The minimum atomic E-state index is -3.55. The fourth-order valence-corrected chi connectivity index (χ4v) is 5.45. The van der Waals surface area contributed by atoms with E-state index in [1.54, 1.807) is 54.6 Å². The number of nitrogens with zero attached hydrogens (tertiary/aromatic N) is 2. The molecule has 0 saturated carbocycles. The summed E-state index contributed by atoms with van der Waals surface area (Å²) in [6.07, 6.45) is 1.11. The van der Waals surface area contributed by atoms with E-state index in [0.717, 1.165) is 6.26 Å². The maximum atomic E-state index is 14.5. The van der Waals surface area contributed by atoms with Crippen LogP contribution in [0, 0.1) is 5.82 Å². The fraction of sp³-hybridized carbons (Fsp3) is 0.296. The first-order valence-electron chi connectivity index (χ1n) is 11.8. The number of imidazole rings is 1. The second kappa shape index (κ2) is 10.8. The predicted molar refractivity (Wildman–Crippen MR) is 141 cm³/mol. The molecule has 1 aromatic heterocycles. The number of aliphatic hydroxyl groups excluding tert-OH is 1. The van der Waals surface area contributed by atoms with Crippen molar-refractivity contribution in [3.05, 3.63) is 82.5 Å². The minimum Gasteiger partial charge on any atom is -0.493 e. The quantitative estimate of drug-likeness (QED) is 0.337. The Morgan fingerprint density at radius 3 is 2.43 bits per heavy atom. The van der Waals surface area contributed by atoms with E-state index in [1.165, 1.54) is 22.3 Å². The highest BCUT2D eigenvalue weighted by atomic mass is 32.2. The van der Waals surface area contributed by atoms with E-state index >= 15 is 0 Å². The summed E-state index contributed by atoms with van der Waals surface area (Å²) in [5.74, 6) is 0.148. The highest BCUT2D eigenvalue weighted by Gasteiger charge is 2.27. The van der Waals surface area contributed by atoms with Crippen LogP contribution in [-0.4, -0.2) is 55.0 Å². The summed E-state index contributed by atoms with van der Waals surface area (Å²) in [7, 11) is -2.04. The molecule has 37 heavy (non-hydrogen) atoms. The van der Waals surface area contributed by atoms with Crippen molar-refractivity contribution in [3.63, 3.8) is 0 Å². The van der Waals surface area contributed by atoms with Crippen LogP contribution in [0.4, 0.5) is 4.39 Å². The van der Waals surface area contributed by atoms with E-state index < -0.39 is 27.4 Å². The second-order valence-corrected chi connectivity index (χ2v) is 10.8. The summed E-state index contributed by atoms with van der Waals surface area (Å²) in [5, 5.41) is 9.68. The Kier molecular flexibility index (Phi) is 7.70. The molecule has 0 bridgehead atoms. The number of rotatable bonds is 10. The van der Waals surface area contributed by atoms with Crippen molar-refractivity contribution in [1.82, 2.24) is 9.13 Å².